The molecule has 0 bridgehead atoms. The van der Waals surface area contributed by atoms with E-state index in [1.165, 1.54) is 36.0 Å². The van der Waals surface area contributed by atoms with Crippen LogP contribution < -0.4 is 4.74 Å². The average molecular weight is 444 g/mol. The van der Waals surface area contributed by atoms with E-state index in [9.17, 15) is 0 Å². The highest BCUT2D eigenvalue weighted by atomic mass is 79.9. The number of rotatable bonds is 5. The Hall–Kier alpha value is -1.43. The summed E-state index contributed by atoms with van der Waals surface area (Å²) in [6, 6.07) is 15.3. The molecule has 2 saturated heterocycles. The van der Waals surface area contributed by atoms with Gasteiger partial charge in [0.1, 0.15) is 6.10 Å². The van der Waals surface area contributed by atoms with Crippen molar-refractivity contribution in [2.75, 3.05) is 26.2 Å². The Bertz CT molecular complexity index is 768. The maximum atomic E-state index is 6.12. The van der Waals surface area contributed by atoms with Crippen molar-refractivity contribution in [3.05, 3.63) is 58.2 Å². The third-order valence-corrected chi connectivity index (χ3v) is 6.83. The van der Waals surface area contributed by atoms with Crippen molar-refractivity contribution in [3.8, 4) is 5.88 Å². The second-order valence-corrected chi connectivity index (χ2v) is 8.92. The van der Waals surface area contributed by atoms with Gasteiger partial charge in [0, 0.05) is 41.9 Å². The topological polar surface area (TPSA) is 28.6 Å². The molecule has 150 valence electrons. The minimum absolute atomic E-state index is 0.307. The molecule has 1 aromatic carbocycles. The van der Waals surface area contributed by atoms with Gasteiger partial charge in [0.25, 0.3) is 0 Å². The maximum absolute atomic E-state index is 6.12. The lowest BCUT2D eigenvalue weighted by atomic mass is 9.98. The molecule has 0 amide bonds. The van der Waals surface area contributed by atoms with E-state index < -0.39 is 0 Å². The van der Waals surface area contributed by atoms with E-state index in [-0.39, 0.29) is 0 Å². The number of pyridine rings is 1. The number of aromatic nitrogens is 1. The zero-order valence-electron chi connectivity index (χ0n) is 16.7. The molecule has 4 rings (SSSR count). The smallest absolute Gasteiger partial charge is 0.213 e. The third kappa shape index (κ3) is 5.13. The molecule has 2 aliphatic rings. The first-order chi connectivity index (χ1) is 13.7. The number of halogens is 1. The number of nitrogens with zero attached hydrogens (tertiary/aromatic N) is 3. The number of piperidine rings is 2. The molecule has 2 aliphatic heterocycles. The van der Waals surface area contributed by atoms with Gasteiger partial charge in [-0.25, -0.2) is 4.98 Å². The standard InChI is InChI=1S/C23H30BrN3O/c1-18-5-4-8-23(25-18)28-21-11-15-27(16-12-21)20-9-13-26(14-10-20)17-19-6-2-3-7-22(19)24/h2-8,20-21H,9-17H2,1H3. The van der Waals surface area contributed by atoms with Crippen LogP contribution in [0.15, 0.2) is 46.9 Å². The van der Waals surface area contributed by atoms with E-state index >= 15 is 0 Å². The van der Waals surface area contributed by atoms with E-state index in [1.807, 2.05) is 25.1 Å². The molecule has 2 fully saturated rings. The molecule has 28 heavy (non-hydrogen) atoms. The van der Waals surface area contributed by atoms with E-state index in [0.29, 0.717) is 6.10 Å². The van der Waals surface area contributed by atoms with Crippen LogP contribution in [-0.2, 0) is 6.54 Å². The SMILES string of the molecule is Cc1cccc(OC2CCN(C3CCN(Cc4ccccc4Br)CC3)CC2)n1. The largest absolute Gasteiger partial charge is 0.474 e. The Morgan fingerprint density at radius 1 is 0.964 bits per heavy atom. The van der Waals surface area contributed by atoms with Crippen LogP contribution in [-0.4, -0.2) is 53.1 Å². The summed E-state index contributed by atoms with van der Waals surface area (Å²) in [6.07, 6.45) is 5.06. The monoisotopic (exact) mass is 443 g/mol. The molecule has 2 aromatic rings. The normalized spacial score (nSPS) is 20.4. The Morgan fingerprint density at radius 3 is 2.43 bits per heavy atom. The van der Waals surface area contributed by atoms with Gasteiger partial charge < -0.3 is 9.64 Å². The van der Waals surface area contributed by atoms with Crippen molar-refractivity contribution in [3.63, 3.8) is 0 Å². The van der Waals surface area contributed by atoms with Crippen LogP contribution in [0.4, 0.5) is 0 Å². The number of aryl methyl sites for hydroxylation is 1. The van der Waals surface area contributed by atoms with E-state index in [1.54, 1.807) is 0 Å². The van der Waals surface area contributed by atoms with Gasteiger partial charge in [-0.05, 0) is 63.4 Å². The molecule has 0 spiro atoms. The molecule has 3 heterocycles. The van der Waals surface area contributed by atoms with Crippen LogP contribution in [0.2, 0.25) is 0 Å². The van der Waals surface area contributed by atoms with E-state index in [2.05, 4.69) is 55.0 Å². The fourth-order valence-electron chi connectivity index (χ4n) is 4.42. The summed E-state index contributed by atoms with van der Waals surface area (Å²) >= 11 is 3.68. The van der Waals surface area contributed by atoms with Crippen molar-refractivity contribution >= 4 is 15.9 Å². The Labute approximate surface area is 177 Å². The zero-order chi connectivity index (χ0) is 19.3. The van der Waals surface area contributed by atoms with Crippen molar-refractivity contribution < 1.29 is 4.74 Å². The lowest BCUT2D eigenvalue weighted by Crippen LogP contribution is -2.48. The molecular weight excluding hydrogens is 414 g/mol. The first kappa shape index (κ1) is 19.9. The second-order valence-electron chi connectivity index (χ2n) is 8.07. The van der Waals surface area contributed by atoms with Crippen molar-refractivity contribution in [1.29, 1.82) is 0 Å². The van der Waals surface area contributed by atoms with Gasteiger partial charge >= 0.3 is 0 Å². The average Bonchev–Trinajstić information content (AvgIpc) is 2.71. The Morgan fingerprint density at radius 2 is 1.71 bits per heavy atom. The van der Waals surface area contributed by atoms with Gasteiger partial charge in [0.2, 0.25) is 5.88 Å². The number of ether oxygens (including phenoxy) is 1. The molecular formula is C23H30BrN3O. The van der Waals surface area contributed by atoms with Gasteiger partial charge in [-0.2, -0.15) is 0 Å². The summed E-state index contributed by atoms with van der Waals surface area (Å²) in [5.74, 6) is 0.777. The predicted octanol–water partition coefficient (Wildman–Crippen LogP) is 4.66. The van der Waals surface area contributed by atoms with Crippen LogP contribution >= 0.6 is 15.9 Å². The summed E-state index contributed by atoms with van der Waals surface area (Å²) in [7, 11) is 0. The number of benzene rings is 1. The molecule has 4 nitrogen and oxygen atoms in total. The van der Waals surface area contributed by atoms with Crippen LogP contribution in [0.25, 0.3) is 0 Å². The zero-order valence-corrected chi connectivity index (χ0v) is 18.3. The van der Waals surface area contributed by atoms with Crippen molar-refractivity contribution in [1.82, 2.24) is 14.8 Å². The molecule has 0 radical (unpaired) electrons. The molecule has 0 unspecified atom stereocenters. The summed E-state index contributed by atoms with van der Waals surface area (Å²) in [5, 5.41) is 0. The van der Waals surface area contributed by atoms with Crippen LogP contribution in [0.3, 0.4) is 0 Å². The van der Waals surface area contributed by atoms with Crippen molar-refractivity contribution in [2.45, 2.75) is 51.3 Å². The highest BCUT2D eigenvalue weighted by Crippen LogP contribution is 2.25. The molecule has 0 atom stereocenters. The predicted molar refractivity (Wildman–Crippen MR) is 117 cm³/mol. The van der Waals surface area contributed by atoms with Crippen molar-refractivity contribution in [2.24, 2.45) is 0 Å². The van der Waals surface area contributed by atoms with Crippen LogP contribution in [0.5, 0.6) is 5.88 Å². The number of likely N-dealkylation sites (tertiary alicyclic amines) is 2. The first-order valence-corrected chi connectivity index (χ1v) is 11.3. The van der Waals surface area contributed by atoms with Gasteiger partial charge in [-0.15, -0.1) is 0 Å². The fraction of sp³-hybridized carbons (Fsp3) is 0.522. The quantitative estimate of drug-likeness (QED) is 0.671. The van der Waals surface area contributed by atoms with Crippen LogP contribution in [0, 0.1) is 6.92 Å². The fourth-order valence-corrected chi connectivity index (χ4v) is 4.83. The van der Waals surface area contributed by atoms with E-state index in [4.69, 9.17) is 4.74 Å². The summed E-state index contributed by atoms with van der Waals surface area (Å²) in [6.45, 7) is 7.73. The van der Waals surface area contributed by atoms with Gasteiger partial charge in [-0.1, -0.05) is 40.2 Å². The lowest BCUT2D eigenvalue weighted by molar-refractivity contribution is 0.0455. The van der Waals surface area contributed by atoms with Gasteiger partial charge in [-0.3, -0.25) is 4.90 Å². The minimum Gasteiger partial charge on any atom is -0.474 e. The molecule has 0 saturated carbocycles. The first-order valence-electron chi connectivity index (χ1n) is 10.5. The third-order valence-electron chi connectivity index (χ3n) is 6.05. The molecule has 0 aliphatic carbocycles. The maximum Gasteiger partial charge on any atom is 0.213 e. The molecule has 1 aromatic heterocycles. The Balaban J connectivity index is 1.21. The minimum atomic E-state index is 0.307. The van der Waals surface area contributed by atoms with Gasteiger partial charge in [0.15, 0.2) is 0 Å². The highest BCUT2D eigenvalue weighted by molar-refractivity contribution is 9.10. The van der Waals surface area contributed by atoms with E-state index in [0.717, 1.165) is 50.1 Å². The van der Waals surface area contributed by atoms with Gasteiger partial charge in [0.05, 0.1) is 0 Å². The van der Waals surface area contributed by atoms with Crippen LogP contribution in [0.1, 0.15) is 36.9 Å². The summed E-state index contributed by atoms with van der Waals surface area (Å²) < 4.78 is 7.34. The molecule has 0 N–H and O–H groups in total. The number of hydrogen-bond acceptors (Lipinski definition) is 4. The molecule has 5 heteroatoms. The second kappa shape index (κ2) is 9.38. The summed E-state index contributed by atoms with van der Waals surface area (Å²) in [5.41, 5.74) is 2.41. The lowest BCUT2D eigenvalue weighted by Gasteiger charge is -2.41. The number of hydrogen-bond donors (Lipinski definition) is 0. The Kier molecular flexibility index (Phi) is 6.65. The highest BCUT2D eigenvalue weighted by Gasteiger charge is 2.29. The summed E-state index contributed by atoms with van der Waals surface area (Å²) in [4.78, 5) is 9.77.